The van der Waals surface area contributed by atoms with E-state index < -0.39 is 5.54 Å². The number of hydrogen-bond acceptors (Lipinski definition) is 3. The van der Waals surface area contributed by atoms with Gasteiger partial charge in [-0.3, -0.25) is 14.5 Å². The molecule has 33 heavy (non-hydrogen) atoms. The number of hydrogen-bond donors (Lipinski definition) is 1. The zero-order valence-corrected chi connectivity index (χ0v) is 20.3. The van der Waals surface area contributed by atoms with Crippen LogP contribution in [0.3, 0.4) is 0 Å². The van der Waals surface area contributed by atoms with Crippen LogP contribution in [0.2, 0.25) is 5.02 Å². The molecule has 1 N–H and O–H groups in total. The van der Waals surface area contributed by atoms with E-state index in [-0.39, 0.29) is 17.9 Å². The van der Waals surface area contributed by atoms with Crippen LogP contribution in [0, 0.1) is 18.8 Å². The fourth-order valence-corrected chi connectivity index (χ4v) is 5.69. The van der Waals surface area contributed by atoms with Gasteiger partial charge in [-0.15, -0.1) is 0 Å². The summed E-state index contributed by atoms with van der Waals surface area (Å²) in [6.45, 7) is 8.57. The van der Waals surface area contributed by atoms with Gasteiger partial charge in [0.05, 0.1) is 18.3 Å². The molecule has 2 amide bonds. The first-order valence-electron chi connectivity index (χ1n) is 11.7. The standard InChI is InChI=1S/C26H30ClN3O3/c1-15-6-5-7-19(17(15)3)28-25(32)26(4)14-29-20-10-11-33-23(20)13-22(29)24(31)30(26)21-12-18(27)9-8-16(21)2/h8-13,15,17,19H,5-7,14H2,1-4H3,(H,28,32). The van der Waals surface area contributed by atoms with Gasteiger partial charge >= 0.3 is 0 Å². The zero-order chi connectivity index (χ0) is 23.5. The molecule has 1 saturated carbocycles. The van der Waals surface area contributed by atoms with Crippen LogP contribution in [-0.4, -0.2) is 28.0 Å². The average Bonchev–Trinajstić information content (AvgIpc) is 3.36. The van der Waals surface area contributed by atoms with Crippen molar-refractivity contribution in [3.8, 4) is 0 Å². The van der Waals surface area contributed by atoms with Crippen molar-refractivity contribution in [2.45, 2.75) is 65.1 Å². The first kappa shape index (κ1) is 22.1. The maximum Gasteiger partial charge on any atom is 0.276 e. The molecule has 1 aromatic carbocycles. The third kappa shape index (κ3) is 3.46. The fraction of sp³-hybridized carbons (Fsp3) is 0.462. The minimum Gasteiger partial charge on any atom is -0.463 e. The van der Waals surface area contributed by atoms with E-state index in [2.05, 4.69) is 19.2 Å². The minimum atomic E-state index is -1.14. The Morgan fingerprint density at radius 2 is 2.00 bits per heavy atom. The Morgan fingerprint density at radius 3 is 2.79 bits per heavy atom. The quantitative estimate of drug-likeness (QED) is 0.548. The van der Waals surface area contributed by atoms with Crippen LogP contribution < -0.4 is 10.2 Å². The maximum atomic E-state index is 14.0. The van der Waals surface area contributed by atoms with Gasteiger partial charge in [0.2, 0.25) is 5.91 Å². The average molecular weight is 468 g/mol. The van der Waals surface area contributed by atoms with Crippen LogP contribution in [0.25, 0.3) is 11.1 Å². The fourth-order valence-electron chi connectivity index (χ4n) is 5.52. The monoisotopic (exact) mass is 467 g/mol. The molecule has 0 spiro atoms. The Hall–Kier alpha value is -2.73. The number of nitrogens with zero attached hydrogens (tertiary/aromatic N) is 2. The molecule has 6 nitrogen and oxygen atoms in total. The summed E-state index contributed by atoms with van der Waals surface area (Å²) in [5.74, 6) is 0.560. The number of fused-ring (bicyclic) bond motifs is 3. The van der Waals surface area contributed by atoms with E-state index in [0.29, 0.717) is 40.4 Å². The van der Waals surface area contributed by atoms with Gasteiger partial charge in [0.15, 0.2) is 5.58 Å². The molecule has 4 atom stereocenters. The summed E-state index contributed by atoms with van der Waals surface area (Å²) in [6, 6.07) is 9.15. The van der Waals surface area contributed by atoms with Gasteiger partial charge in [-0.1, -0.05) is 44.4 Å². The van der Waals surface area contributed by atoms with Crippen molar-refractivity contribution in [1.82, 2.24) is 9.88 Å². The van der Waals surface area contributed by atoms with E-state index in [0.717, 1.165) is 23.9 Å². The smallest absolute Gasteiger partial charge is 0.276 e. The lowest BCUT2D eigenvalue weighted by Gasteiger charge is -2.46. The van der Waals surface area contributed by atoms with Crippen molar-refractivity contribution >= 4 is 40.2 Å². The molecular formula is C26H30ClN3O3. The van der Waals surface area contributed by atoms with E-state index >= 15 is 0 Å². The van der Waals surface area contributed by atoms with Gasteiger partial charge in [-0.05, 0) is 49.8 Å². The number of rotatable bonds is 3. The summed E-state index contributed by atoms with van der Waals surface area (Å²) in [7, 11) is 0. The molecule has 0 bridgehead atoms. The largest absolute Gasteiger partial charge is 0.463 e. The van der Waals surface area contributed by atoms with Gasteiger partial charge in [0, 0.05) is 28.9 Å². The van der Waals surface area contributed by atoms with Gasteiger partial charge < -0.3 is 14.3 Å². The number of carbonyl (C=O) groups is 2. The summed E-state index contributed by atoms with van der Waals surface area (Å²) >= 11 is 6.34. The van der Waals surface area contributed by atoms with Crippen molar-refractivity contribution in [3.63, 3.8) is 0 Å². The number of aromatic nitrogens is 1. The minimum absolute atomic E-state index is 0.0930. The zero-order valence-electron chi connectivity index (χ0n) is 19.5. The SMILES string of the molecule is Cc1ccc(Cl)cc1N1C(=O)c2cc3occc3n2CC1(C)C(=O)NC1CCCC(C)C1C. The highest BCUT2D eigenvalue weighted by Gasteiger charge is 2.50. The van der Waals surface area contributed by atoms with Crippen molar-refractivity contribution in [2.24, 2.45) is 11.8 Å². The molecule has 0 radical (unpaired) electrons. The number of benzene rings is 1. The summed E-state index contributed by atoms with van der Waals surface area (Å²) in [5.41, 5.74) is 2.37. The topological polar surface area (TPSA) is 67.5 Å². The lowest BCUT2D eigenvalue weighted by atomic mass is 9.77. The van der Waals surface area contributed by atoms with E-state index in [1.54, 1.807) is 29.4 Å². The van der Waals surface area contributed by atoms with Crippen LogP contribution in [0.5, 0.6) is 0 Å². The van der Waals surface area contributed by atoms with Crippen LogP contribution >= 0.6 is 11.6 Å². The number of aryl methyl sites for hydroxylation is 1. The number of halogens is 1. The first-order chi connectivity index (χ1) is 15.7. The molecule has 4 unspecified atom stereocenters. The van der Waals surface area contributed by atoms with Gasteiger partial charge in [0.25, 0.3) is 5.91 Å². The second-order valence-corrected chi connectivity index (χ2v) is 10.4. The van der Waals surface area contributed by atoms with Crippen LogP contribution in [0.4, 0.5) is 5.69 Å². The maximum absolute atomic E-state index is 14.0. The van der Waals surface area contributed by atoms with Crippen molar-refractivity contribution in [2.75, 3.05) is 4.90 Å². The molecular weight excluding hydrogens is 438 g/mol. The Bertz CT molecular complexity index is 1240. The molecule has 2 aromatic heterocycles. The second kappa shape index (κ2) is 7.94. The molecule has 0 saturated heterocycles. The molecule has 174 valence electrons. The van der Waals surface area contributed by atoms with E-state index in [9.17, 15) is 9.59 Å². The van der Waals surface area contributed by atoms with E-state index in [1.165, 1.54) is 6.42 Å². The predicted octanol–water partition coefficient (Wildman–Crippen LogP) is 5.56. The molecule has 3 heterocycles. The first-order valence-corrected chi connectivity index (χ1v) is 12.1. The number of carbonyl (C=O) groups excluding carboxylic acids is 2. The number of furan rings is 1. The summed E-state index contributed by atoms with van der Waals surface area (Å²) in [4.78, 5) is 29.5. The molecule has 2 aliphatic rings. The van der Waals surface area contributed by atoms with Crippen LogP contribution in [-0.2, 0) is 11.3 Å². The molecule has 1 aliphatic heterocycles. The van der Waals surface area contributed by atoms with Crippen molar-refractivity contribution < 1.29 is 14.0 Å². The number of anilines is 1. The Labute approximate surface area is 198 Å². The van der Waals surface area contributed by atoms with E-state index in [4.69, 9.17) is 16.0 Å². The molecule has 1 aliphatic carbocycles. The van der Waals surface area contributed by atoms with Crippen LogP contribution in [0.15, 0.2) is 41.0 Å². The summed E-state index contributed by atoms with van der Waals surface area (Å²) < 4.78 is 7.47. The third-order valence-electron chi connectivity index (χ3n) is 7.83. The van der Waals surface area contributed by atoms with Gasteiger partial charge in [0.1, 0.15) is 11.2 Å². The Balaban J connectivity index is 1.61. The Morgan fingerprint density at radius 1 is 1.21 bits per heavy atom. The molecule has 1 fully saturated rings. The number of nitrogens with one attached hydrogen (secondary N) is 1. The van der Waals surface area contributed by atoms with E-state index in [1.807, 2.05) is 30.5 Å². The van der Waals surface area contributed by atoms with Crippen molar-refractivity contribution in [3.05, 3.63) is 52.9 Å². The van der Waals surface area contributed by atoms with Gasteiger partial charge in [-0.2, -0.15) is 0 Å². The summed E-state index contributed by atoms with van der Waals surface area (Å²) in [6.07, 6.45) is 4.85. The third-order valence-corrected chi connectivity index (χ3v) is 8.06. The lowest BCUT2D eigenvalue weighted by Crippen LogP contribution is -2.66. The van der Waals surface area contributed by atoms with Crippen molar-refractivity contribution in [1.29, 1.82) is 0 Å². The highest BCUT2D eigenvalue weighted by Crippen LogP contribution is 2.39. The Kier molecular flexibility index (Phi) is 5.31. The highest BCUT2D eigenvalue weighted by atomic mass is 35.5. The lowest BCUT2D eigenvalue weighted by molar-refractivity contribution is -0.128. The van der Waals surface area contributed by atoms with Crippen LogP contribution in [0.1, 0.15) is 56.1 Å². The molecule has 3 aromatic rings. The normalized spacial score (nSPS) is 27.6. The van der Waals surface area contributed by atoms with Gasteiger partial charge in [-0.25, -0.2) is 0 Å². The molecule has 5 rings (SSSR count). The molecule has 7 heteroatoms. The highest BCUT2D eigenvalue weighted by molar-refractivity contribution is 6.31. The second-order valence-electron chi connectivity index (χ2n) is 9.98. The summed E-state index contributed by atoms with van der Waals surface area (Å²) in [5, 5.41) is 3.85. The predicted molar refractivity (Wildman–Crippen MR) is 130 cm³/mol. The number of amides is 2.